The van der Waals surface area contributed by atoms with Gasteiger partial charge >= 0.3 is 12.1 Å². The van der Waals surface area contributed by atoms with Crippen LogP contribution in [0.4, 0.5) is 35.1 Å². The molecule has 0 amide bonds. The molecule has 0 unspecified atom stereocenters. The van der Waals surface area contributed by atoms with Crippen molar-refractivity contribution in [2.75, 3.05) is 37.8 Å². The second kappa shape index (κ2) is 16.9. The molecule has 0 atom stereocenters. The summed E-state index contributed by atoms with van der Waals surface area (Å²) >= 11 is 0. The standard InChI is InChI=1S/C33H41F8NO3S/c34-18-21-42(20-7-23-46(44,45)22-6-17-32(37,38)33(39,40)41)19-4-2-1-3-8-27-26(24-11-13-25(35)14-12-24)9-5-10-29-28(27)15-16-30(43)31(29)36/h11-16,43H,1-10,17-23H2. The van der Waals surface area contributed by atoms with E-state index in [2.05, 4.69) is 0 Å². The van der Waals surface area contributed by atoms with Gasteiger partial charge in [-0.05, 0) is 110 Å². The number of rotatable bonds is 18. The van der Waals surface area contributed by atoms with E-state index in [9.17, 15) is 48.6 Å². The van der Waals surface area contributed by atoms with Crippen LogP contribution in [0.15, 0.2) is 36.4 Å². The van der Waals surface area contributed by atoms with Crippen LogP contribution in [0.3, 0.4) is 0 Å². The number of alkyl halides is 6. The molecule has 0 aliphatic heterocycles. The van der Waals surface area contributed by atoms with Crippen LogP contribution in [0.25, 0.3) is 11.1 Å². The molecule has 0 saturated heterocycles. The molecule has 0 radical (unpaired) electrons. The minimum Gasteiger partial charge on any atom is -0.505 e. The molecule has 3 rings (SSSR count). The van der Waals surface area contributed by atoms with Crippen molar-refractivity contribution in [2.24, 2.45) is 0 Å². The Labute approximate surface area is 265 Å². The van der Waals surface area contributed by atoms with Gasteiger partial charge in [0.1, 0.15) is 22.3 Å². The molecule has 0 bridgehead atoms. The summed E-state index contributed by atoms with van der Waals surface area (Å²) < 4.78 is 129. The maximum Gasteiger partial charge on any atom is 0.453 e. The topological polar surface area (TPSA) is 57.6 Å². The summed E-state index contributed by atoms with van der Waals surface area (Å²) in [6.45, 7) is 0.176. The third-order valence-corrected chi connectivity index (χ3v) is 10.1. The lowest BCUT2D eigenvalue weighted by molar-refractivity contribution is -0.284. The number of fused-ring (bicyclic) bond motifs is 1. The van der Waals surface area contributed by atoms with E-state index in [1.54, 1.807) is 23.1 Å². The van der Waals surface area contributed by atoms with Gasteiger partial charge in [-0.15, -0.1) is 0 Å². The Morgan fingerprint density at radius 3 is 2.11 bits per heavy atom. The van der Waals surface area contributed by atoms with Crippen LogP contribution in [0.5, 0.6) is 5.75 Å². The molecule has 0 aromatic heterocycles. The van der Waals surface area contributed by atoms with Crippen LogP contribution >= 0.6 is 0 Å². The van der Waals surface area contributed by atoms with Crippen molar-refractivity contribution in [3.8, 4) is 5.75 Å². The van der Waals surface area contributed by atoms with Gasteiger partial charge in [0.05, 0.1) is 11.5 Å². The molecule has 0 spiro atoms. The third kappa shape index (κ3) is 11.0. The van der Waals surface area contributed by atoms with Crippen LogP contribution < -0.4 is 0 Å². The summed E-state index contributed by atoms with van der Waals surface area (Å²) in [5.41, 5.74) is 4.05. The predicted octanol–water partition coefficient (Wildman–Crippen LogP) is 8.92. The molecule has 0 fully saturated rings. The first kappa shape index (κ1) is 37.8. The lowest BCUT2D eigenvalue weighted by Gasteiger charge is -2.21. The van der Waals surface area contributed by atoms with E-state index in [-0.39, 0.29) is 25.3 Å². The average molecular weight is 684 g/mol. The number of phenols is 1. The molecule has 13 heteroatoms. The van der Waals surface area contributed by atoms with Crippen molar-refractivity contribution < 1.29 is 48.6 Å². The number of hydrogen-bond donors (Lipinski definition) is 1. The Bertz CT molecular complexity index is 1410. The highest BCUT2D eigenvalue weighted by atomic mass is 32.2. The van der Waals surface area contributed by atoms with Crippen molar-refractivity contribution in [2.45, 2.75) is 82.7 Å². The Morgan fingerprint density at radius 1 is 0.783 bits per heavy atom. The minimum atomic E-state index is -5.72. The molecule has 0 heterocycles. The maximum atomic E-state index is 14.9. The minimum absolute atomic E-state index is 0.0843. The van der Waals surface area contributed by atoms with Crippen LogP contribution in [0.1, 0.15) is 80.9 Å². The van der Waals surface area contributed by atoms with Crippen LogP contribution in [-0.2, 0) is 16.3 Å². The van der Waals surface area contributed by atoms with E-state index in [4.69, 9.17) is 0 Å². The SMILES string of the molecule is O=S(=O)(CCCN(CCF)CCCCCCC1=C(c2ccc(F)cc2)CCCc2c1ccc(O)c2F)CCCC(F)(F)C(F)(F)F. The van der Waals surface area contributed by atoms with E-state index < -0.39 is 64.5 Å². The van der Waals surface area contributed by atoms with Crippen molar-refractivity contribution in [1.29, 1.82) is 0 Å². The number of benzene rings is 2. The van der Waals surface area contributed by atoms with Crippen LogP contribution in [-0.4, -0.2) is 68.3 Å². The van der Waals surface area contributed by atoms with Gasteiger partial charge in [-0.3, -0.25) is 0 Å². The summed E-state index contributed by atoms with van der Waals surface area (Å²) in [6, 6.07) is 9.28. The van der Waals surface area contributed by atoms with Gasteiger partial charge in [-0.2, -0.15) is 22.0 Å². The highest BCUT2D eigenvalue weighted by Gasteiger charge is 2.56. The Balaban J connectivity index is 1.51. The molecule has 1 aliphatic rings. The summed E-state index contributed by atoms with van der Waals surface area (Å²) in [7, 11) is -3.84. The van der Waals surface area contributed by atoms with Gasteiger partial charge in [0, 0.05) is 13.0 Å². The number of nitrogens with zero attached hydrogens (tertiary/aromatic N) is 1. The largest absolute Gasteiger partial charge is 0.505 e. The zero-order valence-electron chi connectivity index (χ0n) is 25.6. The predicted molar refractivity (Wildman–Crippen MR) is 163 cm³/mol. The highest BCUT2D eigenvalue weighted by molar-refractivity contribution is 7.91. The molecular weight excluding hydrogens is 642 g/mol. The molecular formula is C33H41F8NO3S. The molecule has 258 valence electrons. The fourth-order valence-electron chi connectivity index (χ4n) is 5.86. The zero-order chi connectivity index (χ0) is 34.0. The maximum absolute atomic E-state index is 14.9. The number of aromatic hydroxyl groups is 1. The van der Waals surface area contributed by atoms with Gasteiger partial charge in [0.15, 0.2) is 11.6 Å². The number of sulfone groups is 1. The molecule has 4 nitrogen and oxygen atoms in total. The van der Waals surface area contributed by atoms with Crippen molar-refractivity contribution >= 4 is 21.0 Å². The van der Waals surface area contributed by atoms with Gasteiger partial charge < -0.3 is 10.0 Å². The van der Waals surface area contributed by atoms with Crippen molar-refractivity contribution in [1.82, 2.24) is 4.90 Å². The first-order valence-corrected chi connectivity index (χ1v) is 17.4. The lowest BCUT2D eigenvalue weighted by Crippen LogP contribution is -2.36. The lowest BCUT2D eigenvalue weighted by atomic mass is 9.89. The third-order valence-electron chi connectivity index (χ3n) is 8.30. The van der Waals surface area contributed by atoms with E-state index in [0.717, 1.165) is 41.5 Å². The molecule has 2 aromatic rings. The molecule has 1 aliphatic carbocycles. The molecule has 2 aromatic carbocycles. The molecule has 46 heavy (non-hydrogen) atoms. The van der Waals surface area contributed by atoms with E-state index in [0.29, 0.717) is 44.2 Å². The summed E-state index contributed by atoms with van der Waals surface area (Å²) in [5, 5.41) is 9.95. The normalized spacial score (nSPS) is 14.5. The summed E-state index contributed by atoms with van der Waals surface area (Å²) in [6.07, 6.45) is -2.56. The van der Waals surface area contributed by atoms with Crippen LogP contribution in [0.2, 0.25) is 0 Å². The van der Waals surface area contributed by atoms with E-state index in [1.165, 1.54) is 18.2 Å². The number of hydrogen-bond acceptors (Lipinski definition) is 4. The summed E-state index contributed by atoms with van der Waals surface area (Å²) in [4.78, 5) is 1.76. The van der Waals surface area contributed by atoms with Crippen molar-refractivity contribution in [3.05, 3.63) is 64.7 Å². The first-order chi connectivity index (χ1) is 21.6. The molecule has 1 N–H and O–H groups in total. The fourth-order valence-corrected chi connectivity index (χ4v) is 7.22. The first-order valence-electron chi connectivity index (χ1n) is 15.6. The number of phenolic OH excluding ortho intramolecular Hbond substituents is 1. The van der Waals surface area contributed by atoms with E-state index in [1.807, 2.05) is 0 Å². The van der Waals surface area contributed by atoms with Crippen molar-refractivity contribution in [3.63, 3.8) is 0 Å². The Hall–Kier alpha value is -2.67. The van der Waals surface area contributed by atoms with Gasteiger partial charge in [0.25, 0.3) is 0 Å². The summed E-state index contributed by atoms with van der Waals surface area (Å²) in [5.74, 6) is -7.49. The fraction of sp³-hybridized carbons (Fsp3) is 0.576. The van der Waals surface area contributed by atoms with Gasteiger partial charge in [-0.25, -0.2) is 21.6 Å². The Kier molecular flexibility index (Phi) is 13.9. The Morgan fingerprint density at radius 2 is 1.43 bits per heavy atom. The van der Waals surface area contributed by atoms with E-state index >= 15 is 0 Å². The number of halogens is 8. The quantitative estimate of drug-likeness (QED) is 0.126. The second-order valence-corrected chi connectivity index (χ2v) is 14.1. The average Bonchev–Trinajstić information content (AvgIpc) is 3.16. The zero-order valence-corrected chi connectivity index (χ0v) is 26.4. The monoisotopic (exact) mass is 683 g/mol. The smallest absolute Gasteiger partial charge is 0.453 e. The number of allylic oxidation sites excluding steroid dienone is 2. The van der Waals surface area contributed by atoms with Gasteiger partial charge in [0.2, 0.25) is 0 Å². The van der Waals surface area contributed by atoms with Gasteiger partial charge in [-0.1, -0.05) is 31.0 Å². The highest BCUT2D eigenvalue weighted by Crippen LogP contribution is 2.41. The molecule has 0 saturated carbocycles. The number of unbranched alkanes of at least 4 members (excludes halogenated alkanes) is 3. The van der Waals surface area contributed by atoms with Crippen LogP contribution in [0, 0.1) is 11.6 Å². The second-order valence-electron chi connectivity index (χ2n) is 11.7.